The van der Waals surface area contributed by atoms with Crippen molar-refractivity contribution in [3.05, 3.63) is 30.2 Å². The zero-order valence-corrected chi connectivity index (χ0v) is 14.8. The van der Waals surface area contributed by atoms with Gasteiger partial charge in [0.2, 0.25) is 5.88 Å². The smallest absolute Gasteiger partial charge is 0.319 e. The van der Waals surface area contributed by atoms with E-state index in [2.05, 4.69) is 35.0 Å². The highest BCUT2D eigenvalue weighted by atomic mass is 16.5. The number of methoxy groups -OCH3 is 2. The van der Waals surface area contributed by atoms with Gasteiger partial charge in [0.05, 0.1) is 31.7 Å². The number of hydrogen-bond acceptors (Lipinski definition) is 6. The Balaban J connectivity index is 1.78. The zero-order chi connectivity index (χ0) is 17.6. The van der Waals surface area contributed by atoms with Crippen LogP contribution in [0.5, 0.6) is 11.9 Å². The summed E-state index contributed by atoms with van der Waals surface area (Å²) in [6.07, 6.45) is 6.61. The summed E-state index contributed by atoms with van der Waals surface area (Å²) in [6.45, 7) is 4.55. The van der Waals surface area contributed by atoms with E-state index in [4.69, 9.17) is 14.5 Å². The molecule has 1 aliphatic carbocycles. The molecule has 0 N–H and O–H groups in total. The van der Waals surface area contributed by atoms with Crippen LogP contribution in [0.2, 0.25) is 0 Å². The minimum Gasteiger partial charge on any atom is -0.480 e. The topological polar surface area (TPSA) is 74.4 Å². The molecule has 0 aliphatic heterocycles. The maximum Gasteiger partial charge on any atom is 0.319 e. The average Bonchev–Trinajstić information content (AvgIpc) is 3.32. The van der Waals surface area contributed by atoms with Gasteiger partial charge in [-0.25, -0.2) is 14.5 Å². The van der Waals surface area contributed by atoms with Gasteiger partial charge < -0.3 is 9.47 Å². The molecule has 0 radical (unpaired) electrons. The first-order chi connectivity index (χ1) is 12.1. The lowest BCUT2D eigenvalue weighted by Gasteiger charge is -2.05. The average molecular weight is 339 g/mol. The van der Waals surface area contributed by atoms with Gasteiger partial charge in [-0.1, -0.05) is 13.8 Å². The number of fused-ring (bicyclic) bond motifs is 1. The van der Waals surface area contributed by atoms with Crippen molar-refractivity contribution in [3.63, 3.8) is 0 Å². The molecule has 1 fully saturated rings. The number of hydrogen-bond donors (Lipinski definition) is 0. The third kappa shape index (κ3) is 2.69. The molecule has 7 nitrogen and oxygen atoms in total. The summed E-state index contributed by atoms with van der Waals surface area (Å²) >= 11 is 0. The van der Waals surface area contributed by atoms with Crippen molar-refractivity contribution in [3.8, 4) is 23.1 Å². The molecule has 0 aromatic carbocycles. The van der Waals surface area contributed by atoms with Crippen LogP contribution in [-0.2, 0) is 0 Å². The fraction of sp³-hybridized carbons (Fsp3) is 0.444. The third-order valence-electron chi connectivity index (χ3n) is 4.87. The molecule has 0 bridgehead atoms. The highest BCUT2D eigenvalue weighted by Crippen LogP contribution is 2.52. The molecule has 1 aliphatic rings. The van der Waals surface area contributed by atoms with Crippen LogP contribution >= 0.6 is 0 Å². The molecular weight excluding hydrogens is 318 g/mol. The molecule has 0 amide bonds. The Labute approximate surface area is 146 Å². The summed E-state index contributed by atoms with van der Waals surface area (Å²) in [6, 6.07) is 2.35. The van der Waals surface area contributed by atoms with Crippen molar-refractivity contribution >= 4 is 5.65 Å². The fourth-order valence-corrected chi connectivity index (χ4v) is 3.42. The van der Waals surface area contributed by atoms with Gasteiger partial charge in [0.1, 0.15) is 0 Å². The zero-order valence-electron chi connectivity index (χ0n) is 14.8. The summed E-state index contributed by atoms with van der Waals surface area (Å²) < 4.78 is 12.3. The predicted octanol–water partition coefficient (Wildman–Crippen LogP) is 2.96. The van der Waals surface area contributed by atoms with Gasteiger partial charge in [-0.15, -0.1) is 0 Å². The molecule has 7 heteroatoms. The van der Waals surface area contributed by atoms with Crippen LogP contribution in [0, 0.1) is 11.8 Å². The normalized spacial score (nSPS) is 19.4. The molecule has 0 unspecified atom stereocenters. The van der Waals surface area contributed by atoms with Gasteiger partial charge in [-0.2, -0.15) is 10.1 Å². The summed E-state index contributed by atoms with van der Waals surface area (Å²) in [5.41, 5.74) is 3.61. The van der Waals surface area contributed by atoms with Crippen LogP contribution in [0.1, 0.15) is 31.7 Å². The van der Waals surface area contributed by atoms with Crippen LogP contribution in [0.25, 0.3) is 16.9 Å². The summed E-state index contributed by atoms with van der Waals surface area (Å²) in [7, 11) is 3.10. The van der Waals surface area contributed by atoms with E-state index in [-0.39, 0.29) is 6.01 Å². The van der Waals surface area contributed by atoms with Crippen LogP contribution in [0.15, 0.2) is 24.7 Å². The Kier molecular flexibility index (Phi) is 3.78. The minimum atomic E-state index is 0.265. The first-order valence-electron chi connectivity index (χ1n) is 8.42. The van der Waals surface area contributed by atoms with Crippen molar-refractivity contribution in [2.45, 2.75) is 26.2 Å². The highest BCUT2D eigenvalue weighted by Gasteiger charge is 2.41. The molecule has 2 atom stereocenters. The van der Waals surface area contributed by atoms with Crippen LogP contribution in [0.4, 0.5) is 0 Å². The van der Waals surface area contributed by atoms with Gasteiger partial charge in [-0.3, -0.25) is 0 Å². The number of rotatable bonds is 5. The highest BCUT2D eigenvalue weighted by molar-refractivity contribution is 5.68. The van der Waals surface area contributed by atoms with Gasteiger partial charge in [0.15, 0.2) is 5.65 Å². The van der Waals surface area contributed by atoms with Gasteiger partial charge in [0, 0.05) is 18.0 Å². The number of nitrogens with zero attached hydrogens (tertiary/aromatic N) is 5. The molecule has 4 rings (SSSR count). The Morgan fingerprint density at radius 2 is 2.04 bits per heavy atom. The standard InChI is InChI=1S/C18H21N5O2/c1-10(2)12-7-13(12)11-5-6-20-23-9-15(21-16(11)23)14-8-19-18(25-4)22-17(14)24-3/h5-6,8-10,12-13H,7H2,1-4H3/t12-,13-/m1/s1. The second-order valence-corrected chi connectivity index (χ2v) is 6.71. The molecule has 0 saturated heterocycles. The van der Waals surface area contributed by atoms with Crippen molar-refractivity contribution in [1.29, 1.82) is 0 Å². The monoisotopic (exact) mass is 339 g/mol. The first kappa shape index (κ1) is 15.8. The predicted molar refractivity (Wildman–Crippen MR) is 92.8 cm³/mol. The second-order valence-electron chi connectivity index (χ2n) is 6.71. The van der Waals surface area contributed by atoms with Gasteiger partial charge in [0.25, 0.3) is 0 Å². The van der Waals surface area contributed by atoms with Crippen LogP contribution < -0.4 is 9.47 Å². The Morgan fingerprint density at radius 1 is 1.20 bits per heavy atom. The van der Waals surface area contributed by atoms with E-state index in [1.807, 2.05) is 16.9 Å². The maximum absolute atomic E-state index is 5.38. The third-order valence-corrected chi connectivity index (χ3v) is 4.87. The SMILES string of the molecule is COc1ncc(-c2cn3nccc([C@H]4C[C@@H]4C(C)C)c3n2)c(OC)n1. The van der Waals surface area contributed by atoms with Gasteiger partial charge >= 0.3 is 6.01 Å². The molecule has 3 aromatic rings. The van der Waals surface area contributed by atoms with E-state index in [1.54, 1.807) is 13.3 Å². The molecule has 1 saturated carbocycles. The number of aromatic nitrogens is 5. The van der Waals surface area contributed by atoms with Crippen LogP contribution in [-0.4, -0.2) is 38.8 Å². The van der Waals surface area contributed by atoms with E-state index >= 15 is 0 Å². The number of ether oxygens (including phenoxy) is 2. The molecule has 25 heavy (non-hydrogen) atoms. The number of imidazole rings is 1. The Morgan fingerprint density at radius 3 is 2.72 bits per heavy atom. The minimum absolute atomic E-state index is 0.265. The maximum atomic E-state index is 5.38. The molecular formula is C18H21N5O2. The van der Waals surface area contributed by atoms with Crippen molar-refractivity contribution in [2.24, 2.45) is 11.8 Å². The van der Waals surface area contributed by atoms with E-state index in [9.17, 15) is 0 Å². The summed E-state index contributed by atoms with van der Waals surface area (Å²) in [5.74, 6) is 2.41. The fourth-order valence-electron chi connectivity index (χ4n) is 3.42. The van der Waals surface area contributed by atoms with E-state index in [0.717, 1.165) is 22.8 Å². The Bertz CT molecular complexity index is 921. The van der Waals surface area contributed by atoms with E-state index < -0.39 is 0 Å². The van der Waals surface area contributed by atoms with Crippen molar-refractivity contribution in [2.75, 3.05) is 14.2 Å². The molecule has 0 spiro atoms. The van der Waals surface area contributed by atoms with E-state index in [1.165, 1.54) is 19.1 Å². The van der Waals surface area contributed by atoms with Crippen LogP contribution in [0.3, 0.4) is 0 Å². The quantitative estimate of drug-likeness (QED) is 0.711. The second kappa shape index (κ2) is 5.98. The Hall–Kier alpha value is -2.70. The summed E-state index contributed by atoms with van der Waals surface area (Å²) in [4.78, 5) is 13.2. The lowest BCUT2D eigenvalue weighted by Crippen LogP contribution is -1.97. The van der Waals surface area contributed by atoms with Crippen molar-refractivity contribution < 1.29 is 9.47 Å². The lowest BCUT2D eigenvalue weighted by molar-refractivity contribution is 0.353. The molecule has 130 valence electrons. The lowest BCUT2D eigenvalue weighted by atomic mass is 10.0. The first-order valence-corrected chi connectivity index (χ1v) is 8.42. The largest absolute Gasteiger partial charge is 0.480 e. The molecule has 3 heterocycles. The van der Waals surface area contributed by atoms with Crippen molar-refractivity contribution in [1.82, 2.24) is 24.6 Å². The molecule has 3 aromatic heterocycles. The van der Waals surface area contributed by atoms with Gasteiger partial charge in [-0.05, 0) is 30.2 Å². The van der Waals surface area contributed by atoms with E-state index in [0.29, 0.717) is 17.7 Å². The summed E-state index contributed by atoms with van der Waals surface area (Å²) in [5, 5.41) is 4.41.